The monoisotopic (exact) mass is 255 g/mol. The highest BCUT2D eigenvalue weighted by atomic mass is 16.5. The largest absolute Gasteiger partial charge is 0.376 e. The summed E-state index contributed by atoms with van der Waals surface area (Å²) in [5.41, 5.74) is -0.768. The summed E-state index contributed by atoms with van der Waals surface area (Å²) < 4.78 is 5.45. The van der Waals surface area contributed by atoms with Gasteiger partial charge in [-0.2, -0.15) is 0 Å². The van der Waals surface area contributed by atoms with E-state index in [1.54, 1.807) is 13.8 Å². The van der Waals surface area contributed by atoms with Crippen molar-refractivity contribution in [3.8, 4) is 0 Å². The van der Waals surface area contributed by atoms with Crippen molar-refractivity contribution >= 4 is 11.9 Å². The Labute approximate surface area is 107 Å². The molecule has 6 nitrogen and oxygen atoms in total. The van der Waals surface area contributed by atoms with Crippen LogP contribution in [0.1, 0.15) is 20.8 Å². The van der Waals surface area contributed by atoms with Gasteiger partial charge in [-0.3, -0.25) is 14.6 Å². The highest BCUT2D eigenvalue weighted by molar-refractivity contribution is 6.06. The molecule has 2 fully saturated rings. The van der Waals surface area contributed by atoms with E-state index in [4.69, 9.17) is 4.74 Å². The number of hydrogen-bond acceptors (Lipinski definition) is 4. The topological polar surface area (TPSA) is 61.9 Å². The number of rotatable bonds is 3. The molecule has 18 heavy (non-hydrogen) atoms. The molecule has 3 amide bonds. The summed E-state index contributed by atoms with van der Waals surface area (Å²) in [4.78, 5) is 27.2. The van der Waals surface area contributed by atoms with Gasteiger partial charge in [-0.1, -0.05) is 0 Å². The van der Waals surface area contributed by atoms with Crippen LogP contribution in [0.4, 0.5) is 4.79 Å². The number of ether oxygens (including phenoxy) is 1. The number of carbonyl (C=O) groups is 2. The number of carbonyl (C=O) groups excluding carboxylic acids is 2. The van der Waals surface area contributed by atoms with Crippen LogP contribution in [0.25, 0.3) is 0 Å². The Morgan fingerprint density at radius 2 is 2.11 bits per heavy atom. The molecular formula is C12H21N3O3. The Balaban J connectivity index is 1.87. The van der Waals surface area contributed by atoms with Crippen LogP contribution in [0.3, 0.4) is 0 Å². The molecule has 0 saturated carbocycles. The second kappa shape index (κ2) is 4.85. The molecule has 0 aliphatic carbocycles. The molecule has 0 bridgehead atoms. The number of nitrogens with one attached hydrogen (secondary N) is 1. The first kappa shape index (κ1) is 13.3. The lowest BCUT2D eigenvalue weighted by Crippen LogP contribution is -2.46. The van der Waals surface area contributed by atoms with Crippen LogP contribution < -0.4 is 5.32 Å². The molecule has 2 saturated heterocycles. The molecule has 1 atom stereocenters. The van der Waals surface area contributed by atoms with Crippen molar-refractivity contribution in [2.75, 3.05) is 32.8 Å². The van der Waals surface area contributed by atoms with E-state index in [1.807, 2.05) is 6.92 Å². The van der Waals surface area contributed by atoms with Crippen LogP contribution in [0.2, 0.25) is 0 Å². The predicted molar refractivity (Wildman–Crippen MR) is 66.2 cm³/mol. The Morgan fingerprint density at radius 1 is 1.39 bits per heavy atom. The molecule has 102 valence electrons. The lowest BCUT2D eigenvalue weighted by Gasteiger charge is -2.31. The maximum Gasteiger partial charge on any atom is 0.325 e. The van der Waals surface area contributed by atoms with Crippen LogP contribution in [0.15, 0.2) is 0 Å². The highest BCUT2D eigenvalue weighted by Gasteiger charge is 2.43. The van der Waals surface area contributed by atoms with Gasteiger partial charge in [-0.05, 0) is 20.8 Å². The van der Waals surface area contributed by atoms with E-state index in [2.05, 4.69) is 10.2 Å². The van der Waals surface area contributed by atoms with Crippen LogP contribution in [0, 0.1) is 0 Å². The van der Waals surface area contributed by atoms with Gasteiger partial charge in [0.2, 0.25) is 0 Å². The highest BCUT2D eigenvalue weighted by Crippen LogP contribution is 2.16. The van der Waals surface area contributed by atoms with Crippen molar-refractivity contribution in [3.63, 3.8) is 0 Å². The van der Waals surface area contributed by atoms with E-state index < -0.39 is 5.54 Å². The number of nitrogens with zero attached hydrogens (tertiary/aromatic N) is 2. The van der Waals surface area contributed by atoms with Crippen LogP contribution in [0.5, 0.6) is 0 Å². The first-order chi connectivity index (χ1) is 8.40. The first-order valence-corrected chi connectivity index (χ1v) is 6.38. The summed E-state index contributed by atoms with van der Waals surface area (Å²) in [5, 5.41) is 2.68. The fourth-order valence-electron chi connectivity index (χ4n) is 2.36. The average molecular weight is 255 g/mol. The van der Waals surface area contributed by atoms with E-state index in [-0.39, 0.29) is 18.0 Å². The molecule has 2 rings (SSSR count). The lowest BCUT2D eigenvalue weighted by atomic mass is 10.1. The van der Waals surface area contributed by atoms with Crippen molar-refractivity contribution in [3.05, 3.63) is 0 Å². The molecule has 0 radical (unpaired) electrons. The fraction of sp³-hybridized carbons (Fsp3) is 0.833. The summed E-state index contributed by atoms with van der Waals surface area (Å²) >= 11 is 0. The van der Waals surface area contributed by atoms with Crippen LogP contribution in [-0.2, 0) is 9.53 Å². The van der Waals surface area contributed by atoms with Crippen molar-refractivity contribution < 1.29 is 14.3 Å². The standard InChI is InChI=1S/C12H21N3O3/c1-9-8-14(6-7-18-9)4-5-15-10(16)12(2,3)13-11(15)17/h9H,4-8H2,1-3H3,(H,13,17). The molecule has 2 aliphatic heterocycles. The fourth-order valence-corrected chi connectivity index (χ4v) is 2.36. The molecule has 0 aromatic rings. The van der Waals surface area contributed by atoms with Gasteiger partial charge in [0.05, 0.1) is 12.7 Å². The third kappa shape index (κ3) is 2.64. The summed E-state index contributed by atoms with van der Waals surface area (Å²) in [6.07, 6.45) is 0.221. The number of hydrogen-bond donors (Lipinski definition) is 1. The van der Waals surface area contributed by atoms with Gasteiger partial charge in [0.25, 0.3) is 5.91 Å². The third-order valence-corrected chi connectivity index (χ3v) is 3.41. The van der Waals surface area contributed by atoms with E-state index in [0.717, 1.165) is 13.1 Å². The summed E-state index contributed by atoms with van der Waals surface area (Å²) in [7, 11) is 0. The first-order valence-electron chi connectivity index (χ1n) is 6.38. The number of amides is 3. The van der Waals surface area contributed by atoms with E-state index in [9.17, 15) is 9.59 Å². The minimum atomic E-state index is -0.768. The minimum absolute atomic E-state index is 0.145. The Hall–Kier alpha value is -1.14. The number of morpholine rings is 1. The molecule has 0 aromatic carbocycles. The Kier molecular flexibility index (Phi) is 3.59. The molecule has 1 N–H and O–H groups in total. The van der Waals surface area contributed by atoms with Crippen molar-refractivity contribution in [2.24, 2.45) is 0 Å². The minimum Gasteiger partial charge on any atom is -0.376 e. The molecule has 2 heterocycles. The number of imide groups is 1. The van der Waals surface area contributed by atoms with Crippen molar-refractivity contribution in [1.29, 1.82) is 0 Å². The molecular weight excluding hydrogens is 234 g/mol. The Morgan fingerprint density at radius 3 is 2.67 bits per heavy atom. The van der Waals surface area contributed by atoms with Gasteiger partial charge in [0, 0.05) is 26.2 Å². The van der Waals surface area contributed by atoms with Gasteiger partial charge in [0.15, 0.2) is 0 Å². The zero-order valence-corrected chi connectivity index (χ0v) is 11.2. The molecule has 2 aliphatic rings. The van der Waals surface area contributed by atoms with E-state index >= 15 is 0 Å². The second-order valence-electron chi connectivity index (χ2n) is 5.49. The van der Waals surface area contributed by atoms with Gasteiger partial charge < -0.3 is 10.1 Å². The zero-order chi connectivity index (χ0) is 13.3. The van der Waals surface area contributed by atoms with Crippen LogP contribution >= 0.6 is 0 Å². The molecule has 0 aromatic heterocycles. The lowest BCUT2D eigenvalue weighted by molar-refractivity contribution is -0.130. The zero-order valence-electron chi connectivity index (χ0n) is 11.2. The molecule has 6 heteroatoms. The second-order valence-corrected chi connectivity index (χ2v) is 5.49. The van der Waals surface area contributed by atoms with Crippen molar-refractivity contribution in [2.45, 2.75) is 32.4 Å². The van der Waals surface area contributed by atoms with Crippen LogP contribution in [-0.4, -0.2) is 66.2 Å². The quantitative estimate of drug-likeness (QED) is 0.723. The van der Waals surface area contributed by atoms with Gasteiger partial charge >= 0.3 is 6.03 Å². The average Bonchev–Trinajstić information content (AvgIpc) is 2.46. The summed E-state index contributed by atoms with van der Waals surface area (Å²) in [6.45, 7) is 9.07. The smallest absolute Gasteiger partial charge is 0.325 e. The van der Waals surface area contributed by atoms with E-state index in [1.165, 1.54) is 4.90 Å². The predicted octanol–water partition coefficient (Wildman–Crippen LogP) is 0.0375. The summed E-state index contributed by atoms with van der Waals surface area (Å²) in [6, 6.07) is -0.286. The third-order valence-electron chi connectivity index (χ3n) is 3.41. The number of urea groups is 1. The molecule has 0 spiro atoms. The summed E-state index contributed by atoms with van der Waals surface area (Å²) in [5.74, 6) is -0.145. The maximum absolute atomic E-state index is 12.0. The van der Waals surface area contributed by atoms with Crippen molar-refractivity contribution in [1.82, 2.24) is 15.1 Å². The maximum atomic E-state index is 12.0. The van der Waals surface area contributed by atoms with Gasteiger partial charge in [-0.25, -0.2) is 4.79 Å². The normalized spacial score (nSPS) is 28.6. The Bertz CT molecular complexity index is 356. The molecule has 1 unspecified atom stereocenters. The SMILES string of the molecule is CC1CN(CCN2C(=O)NC(C)(C)C2=O)CCO1. The van der Waals surface area contributed by atoms with E-state index in [0.29, 0.717) is 19.7 Å². The van der Waals surface area contributed by atoms with Gasteiger partial charge in [-0.15, -0.1) is 0 Å². The van der Waals surface area contributed by atoms with Gasteiger partial charge in [0.1, 0.15) is 5.54 Å².